The lowest BCUT2D eigenvalue weighted by molar-refractivity contribution is -0.178. The molecule has 0 radical (unpaired) electrons. The summed E-state index contributed by atoms with van der Waals surface area (Å²) in [6.45, 7) is 8.12. The lowest BCUT2D eigenvalue weighted by Gasteiger charge is -2.48. The van der Waals surface area contributed by atoms with Crippen LogP contribution in [0.15, 0.2) is 61.2 Å². The molecule has 0 aromatic heterocycles. The van der Waals surface area contributed by atoms with Crippen LogP contribution in [0.25, 0.3) is 0 Å². The van der Waals surface area contributed by atoms with Crippen molar-refractivity contribution in [2.24, 2.45) is 0 Å². The average molecular weight is 478 g/mol. The van der Waals surface area contributed by atoms with E-state index in [2.05, 4.69) is 25.3 Å². The maximum absolute atomic E-state index is 13.7. The number of hydrogen-bond acceptors (Lipinski definition) is 3. The standard InChI is InChI=1S/C25H29Cl2NO2S/c1-4-8-22-25(29)28(21(5-2)16-31-6-3)23(17-11-13-19(26)14-12-17)24(30-22)18-9-7-10-20(27)15-18/h4,7,9-15,21-24H,1,5-6,8,16H2,2-3H3. The van der Waals surface area contributed by atoms with E-state index in [1.807, 2.05) is 60.3 Å². The quantitative estimate of drug-likeness (QED) is 0.360. The SMILES string of the molecule is C=CCC1OC(c2cccc(Cl)c2)C(c2ccc(Cl)cc2)N(C(CC)CSCC)C1=O. The van der Waals surface area contributed by atoms with E-state index in [-0.39, 0.29) is 24.1 Å². The Morgan fingerprint density at radius 3 is 2.48 bits per heavy atom. The first-order valence-electron chi connectivity index (χ1n) is 10.7. The number of morpholine rings is 1. The topological polar surface area (TPSA) is 29.5 Å². The van der Waals surface area contributed by atoms with Gasteiger partial charge >= 0.3 is 0 Å². The van der Waals surface area contributed by atoms with Crippen molar-refractivity contribution in [1.82, 2.24) is 4.90 Å². The highest BCUT2D eigenvalue weighted by molar-refractivity contribution is 7.99. The predicted molar refractivity (Wildman–Crippen MR) is 132 cm³/mol. The van der Waals surface area contributed by atoms with E-state index in [9.17, 15) is 4.79 Å². The summed E-state index contributed by atoms with van der Waals surface area (Å²) in [5.74, 6) is 1.90. The van der Waals surface area contributed by atoms with E-state index in [4.69, 9.17) is 27.9 Å². The molecule has 1 fully saturated rings. The Balaban J connectivity index is 2.14. The van der Waals surface area contributed by atoms with Crippen molar-refractivity contribution in [1.29, 1.82) is 0 Å². The molecular formula is C25H29Cl2NO2S. The smallest absolute Gasteiger partial charge is 0.252 e. The number of carbonyl (C=O) groups is 1. The Labute approximate surface area is 199 Å². The molecular weight excluding hydrogens is 449 g/mol. The molecule has 4 unspecified atom stereocenters. The van der Waals surface area contributed by atoms with Crippen LogP contribution in [0.1, 0.15) is 50.0 Å². The Morgan fingerprint density at radius 1 is 1.13 bits per heavy atom. The van der Waals surface area contributed by atoms with Crippen LogP contribution in [-0.4, -0.2) is 34.5 Å². The second-order valence-electron chi connectivity index (χ2n) is 7.59. The molecule has 1 aliphatic heterocycles. The number of carbonyl (C=O) groups excluding carboxylic acids is 1. The van der Waals surface area contributed by atoms with E-state index in [0.717, 1.165) is 29.1 Å². The number of hydrogen-bond donors (Lipinski definition) is 0. The number of rotatable bonds is 9. The van der Waals surface area contributed by atoms with Crippen LogP contribution in [0.2, 0.25) is 10.0 Å². The number of benzene rings is 2. The fourth-order valence-electron chi connectivity index (χ4n) is 4.06. The maximum Gasteiger partial charge on any atom is 0.252 e. The molecule has 6 heteroatoms. The van der Waals surface area contributed by atoms with Gasteiger partial charge in [0.2, 0.25) is 0 Å². The van der Waals surface area contributed by atoms with E-state index in [1.54, 1.807) is 6.08 Å². The molecule has 0 N–H and O–H groups in total. The van der Waals surface area contributed by atoms with Crippen molar-refractivity contribution in [3.8, 4) is 0 Å². The molecule has 2 aromatic carbocycles. The normalized spacial score (nSPS) is 22.4. The largest absolute Gasteiger partial charge is 0.358 e. The Morgan fingerprint density at radius 2 is 1.87 bits per heavy atom. The average Bonchev–Trinajstić information content (AvgIpc) is 2.77. The molecule has 3 rings (SSSR count). The van der Waals surface area contributed by atoms with Crippen molar-refractivity contribution in [2.75, 3.05) is 11.5 Å². The van der Waals surface area contributed by atoms with Gasteiger partial charge in [0.25, 0.3) is 5.91 Å². The van der Waals surface area contributed by atoms with Crippen LogP contribution in [0.5, 0.6) is 0 Å². The lowest BCUT2D eigenvalue weighted by atomic mass is 9.89. The molecule has 0 saturated carbocycles. The van der Waals surface area contributed by atoms with Gasteiger partial charge in [-0.05, 0) is 47.6 Å². The second-order valence-corrected chi connectivity index (χ2v) is 9.78. The minimum absolute atomic E-state index is 0.0154. The molecule has 2 aromatic rings. The molecule has 0 spiro atoms. The summed E-state index contributed by atoms with van der Waals surface area (Å²) in [4.78, 5) is 15.7. The number of halogens is 2. The fraction of sp³-hybridized carbons (Fsp3) is 0.400. The van der Waals surface area contributed by atoms with Gasteiger partial charge in [-0.3, -0.25) is 4.79 Å². The summed E-state index contributed by atoms with van der Waals surface area (Å²) in [5.41, 5.74) is 1.96. The molecule has 0 aliphatic carbocycles. The van der Waals surface area contributed by atoms with E-state index >= 15 is 0 Å². The number of amides is 1. The fourth-order valence-corrected chi connectivity index (χ4v) is 5.29. The van der Waals surface area contributed by atoms with Crippen LogP contribution in [0, 0.1) is 0 Å². The maximum atomic E-state index is 13.7. The molecule has 166 valence electrons. The Kier molecular flexibility index (Phi) is 8.91. The van der Waals surface area contributed by atoms with Crippen molar-refractivity contribution in [3.05, 3.63) is 82.4 Å². The summed E-state index contributed by atoms with van der Waals surface area (Å²) in [6, 6.07) is 15.2. The monoisotopic (exact) mass is 477 g/mol. The molecule has 1 amide bonds. The van der Waals surface area contributed by atoms with Gasteiger partial charge in [0.1, 0.15) is 12.2 Å². The van der Waals surface area contributed by atoms with Gasteiger partial charge in [0.15, 0.2) is 0 Å². The van der Waals surface area contributed by atoms with Gasteiger partial charge in [0, 0.05) is 28.3 Å². The summed E-state index contributed by atoms with van der Waals surface area (Å²) in [7, 11) is 0. The minimum Gasteiger partial charge on any atom is -0.358 e. The Hall–Kier alpha value is -1.46. The third kappa shape index (κ3) is 5.67. The van der Waals surface area contributed by atoms with Crippen molar-refractivity contribution < 1.29 is 9.53 Å². The van der Waals surface area contributed by atoms with Gasteiger partial charge < -0.3 is 9.64 Å². The zero-order chi connectivity index (χ0) is 22.4. The number of thioether (sulfide) groups is 1. The summed E-state index contributed by atoms with van der Waals surface area (Å²) in [5, 5.41) is 1.31. The highest BCUT2D eigenvalue weighted by atomic mass is 35.5. The second kappa shape index (κ2) is 11.4. The summed E-state index contributed by atoms with van der Waals surface area (Å²) in [6.07, 6.45) is 2.18. The first kappa shape index (κ1) is 24.2. The highest BCUT2D eigenvalue weighted by Crippen LogP contribution is 2.45. The highest BCUT2D eigenvalue weighted by Gasteiger charge is 2.45. The minimum atomic E-state index is -0.564. The van der Waals surface area contributed by atoms with Gasteiger partial charge in [-0.2, -0.15) is 11.8 Å². The molecule has 1 aliphatic rings. The van der Waals surface area contributed by atoms with Gasteiger partial charge in [-0.15, -0.1) is 6.58 Å². The van der Waals surface area contributed by atoms with Crippen LogP contribution >= 0.6 is 35.0 Å². The first-order valence-corrected chi connectivity index (χ1v) is 12.6. The van der Waals surface area contributed by atoms with Crippen LogP contribution in [-0.2, 0) is 9.53 Å². The zero-order valence-corrected chi connectivity index (χ0v) is 20.3. The van der Waals surface area contributed by atoms with Crippen molar-refractivity contribution in [3.63, 3.8) is 0 Å². The molecule has 3 nitrogen and oxygen atoms in total. The zero-order valence-electron chi connectivity index (χ0n) is 18.0. The molecule has 4 atom stereocenters. The summed E-state index contributed by atoms with van der Waals surface area (Å²) < 4.78 is 6.45. The van der Waals surface area contributed by atoms with Gasteiger partial charge in [-0.1, -0.05) is 67.4 Å². The predicted octanol–water partition coefficient (Wildman–Crippen LogP) is 7.11. The molecule has 1 saturated heterocycles. The molecule has 31 heavy (non-hydrogen) atoms. The first-order chi connectivity index (χ1) is 15.0. The number of ether oxygens (including phenoxy) is 1. The Bertz CT molecular complexity index is 889. The van der Waals surface area contributed by atoms with E-state index < -0.39 is 6.10 Å². The van der Waals surface area contributed by atoms with E-state index in [0.29, 0.717) is 16.5 Å². The third-order valence-electron chi connectivity index (χ3n) is 5.58. The van der Waals surface area contributed by atoms with Crippen LogP contribution < -0.4 is 0 Å². The van der Waals surface area contributed by atoms with Crippen LogP contribution in [0.3, 0.4) is 0 Å². The van der Waals surface area contributed by atoms with Crippen molar-refractivity contribution >= 4 is 40.9 Å². The number of nitrogens with zero attached hydrogens (tertiary/aromatic N) is 1. The van der Waals surface area contributed by atoms with Crippen molar-refractivity contribution in [2.45, 2.75) is 51.0 Å². The molecule has 1 heterocycles. The van der Waals surface area contributed by atoms with E-state index in [1.165, 1.54) is 0 Å². The lowest BCUT2D eigenvalue weighted by Crippen LogP contribution is -2.55. The summed E-state index contributed by atoms with van der Waals surface area (Å²) >= 11 is 14.3. The third-order valence-corrected chi connectivity index (χ3v) is 7.09. The van der Waals surface area contributed by atoms with Gasteiger partial charge in [-0.25, -0.2) is 0 Å². The van der Waals surface area contributed by atoms with Crippen LogP contribution in [0.4, 0.5) is 0 Å². The van der Waals surface area contributed by atoms with Gasteiger partial charge in [0.05, 0.1) is 6.04 Å². The molecule has 0 bridgehead atoms.